The first-order chi connectivity index (χ1) is 14.6. The van der Waals surface area contributed by atoms with Crippen LogP contribution in [0, 0.1) is 5.92 Å². The van der Waals surface area contributed by atoms with E-state index in [0.717, 1.165) is 45.3 Å². The van der Waals surface area contributed by atoms with Crippen molar-refractivity contribution in [3.63, 3.8) is 0 Å². The van der Waals surface area contributed by atoms with Crippen LogP contribution in [-0.2, 0) is 9.53 Å². The van der Waals surface area contributed by atoms with Crippen LogP contribution in [0.1, 0.15) is 48.9 Å². The molecule has 7 nitrogen and oxygen atoms in total. The Morgan fingerprint density at radius 3 is 2.50 bits per heavy atom. The number of ether oxygens (including phenoxy) is 3. The fourth-order valence-electron chi connectivity index (χ4n) is 5.14. The highest BCUT2D eigenvalue weighted by atomic mass is 16.5. The van der Waals surface area contributed by atoms with Gasteiger partial charge < -0.3 is 24.0 Å². The van der Waals surface area contributed by atoms with E-state index in [1.165, 1.54) is 0 Å². The van der Waals surface area contributed by atoms with Gasteiger partial charge in [0.15, 0.2) is 0 Å². The maximum absolute atomic E-state index is 13.7. The lowest BCUT2D eigenvalue weighted by Gasteiger charge is -2.31. The van der Waals surface area contributed by atoms with Gasteiger partial charge in [0.05, 0.1) is 32.8 Å². The van der Waals surface area contributed by atoms with Crippen molar-refractivity contribution in [3.05, 3.63) is 23.8 Å². The van der Waals surface area contributed by atoms with E-state index in [1.54, 1.807) is 26.4 Å². The number of carbonyl (C=O) groups is 2. The van der Waals surface area contributed by atoms with Crippen molar-refractivity contribution in [2.24, 2.45) is 5.92 Å². The predicted molar refractivity (Wildman–Crippen MR) is 112 cm³/mol. The first-order valence-corrected chi connectivity index (χ1v) is 11.0. The quantitative estimate of drug-likeness (QED) is 0.738. The first kappa shape index (κ1) is 21.0. The fourth-order valence-corrected chi connectivity index (χ4v) is 5.14. The van der Waals surface area contributed by atoms with Gasteiger partial charge in [0, 0.05) is 26.2 Å². The van der Waals surface area contributed by atoms with E-state index in [4.69, 9.17) is 14.2 Å². The Morgan fingerprint density at radius 2 is 1.83 bits per heavy atom. The third-order valence-electron chi connectivity index (χ3n) is 6.71. The number of hydrogen-bond donors (Lipinski definition) is 0. The number of hydrogen-bond acceptors (Lipinski definition) is 5. The first-order valence-electron chi connectivity index (χ1n) is 11.0. The van der Waals surface area contributed by atoms with E-state index in [0.29, 0.717) is 42.5 Å². The van der Waals surface area contributed by atoms with Crippen LogP contribution in [0.25, 0.3) is 0 Å². The van der Waals surface area contributed by atoms with Crippen LogP contribution in [0.15, 0.2) is 18.2 Å². The van der Waals surface area contributed by atoms with Crippen LogP contribution in [0.4, 0.5) is 0 Å². The maximum atomic E-state index is 13.7. The summed E-state index contributed by atoms with van der Waals surface area (Å²) < 4.78 is 16.6. The molecule has 0 spiro atoms. The Balaban J connectivity index is 1.54. The summed E-state index contributed by atoms with van der Waals surface area (Å²) >= 11 is 0. The molecule has 3 atom stereocenters. The second-order valence-electron chi connectivity index (χ2n) is 8.50. The van der Waals surface area contributed by atoms with E-state index in [-0.39, 0.29) is 24.0 Å². The van der Waals surface area contributed by atoms with Gasteiger partial charge in [-0.15, -0.1) is 0 Å². The molecule has 0 radical (unpaired) electrons. The van der Waals surface area contributed by atoms with E-state index in [1.807, 2.05) is 15.9 Å². The van der Waals surface area contributed by atoms with E-state index >= 15 is 0 Å². The summed E-state index contributed by atoms with van der Waals surface area (Å²) in [7, 11) is 3.13. The topological polar surface area (TPSA) is 68.3 Å². The number of fused-ring (bicyclic) bond motifs is 1. The number of nitrogens with zero attached hydrogens (tertiary/aromatic N) is 2. The summed E-state index contributed by atoms with van der Waals surface area (Å²) in [6, 6.07) is 5.43. The van der Waals surface area contributed by atoms with Crippen LogP contribution in [0.5, 0.6) is 11.5 Å². The van der Waals surface area contributed by atoms with Gasteiger partial charge in [0.25, 0.3) is 5.91 Å². The van der Waals surface area contributed by atoms with Crippen LogP contribution in [0.3, 0.4) is 0 Å². The minimum atomic E-state index is -0.0744. The lowest BCUT2D eigenvalue weighted by molar-refractivity contribution is -0.132. The van der Waals surface area contributed by atoms with Gasteiger partial charge in [0.2, 0.25) is 5.91 Å². The third-order valence-corrected chi connectivity index (χ3v) is 6.71. The molecule has 0 aromatic heterocycles. The molecular weight excluding hydrogens is 384 g/mol. The second-order valence-corrected chi connectivity index (χ2v) is 8.50. The Morgan fingerprint density at radius 1 is 1.07 bits per heavy atom. The predicted octanol–water partition coefficient (Wildman–Crippen LogP) is 2.73. The Hall–Kier alpha value is -2.28. The van der Waals surface area contributed by atoms with Gasteiger partial charge in [-0.1, -0.05) is 12.5 Å². The molecule has 0 aliphatic carbocycles. The van der Waals surface area contributed by atoms with Crippen molar-refractivity contribution in [2.75, 3.05) is 40.5 Å². The molecule has 1 aromatic carbocycles. The summed E-state index contributed by atoms with van der Waals surface area (Å²) in [6.45, 7) is 2.77. The van der Waals surface area contributed by atoms with Gasteiger partial charge in [-0.2, -0.15) is 0 Å². The molecule has 164 valence electrons. The molecule has 3 aliphatic heterocycles. The molecule has 4 rings (SSSR count). The Kier molecular flexibility index (Phi) is 6.46. The van der Waals surface area contributed by atoms with Gasteiger partial charge >= 0.3 is 0 Å². The molecular formula is C23H32N2O5. The van der Waals surface area contributed by atoms with Gasteiger partial charge in [-0.25, -0.2) is 0 Å². The summed E-state index contributed by atoms with van der Waals surface area (Å²) in [6.07, 6.45) is 5.59. The lowest BCUT2D eigenvalue weighted by atomic mass is 9.98. The molecule has 7 heteroatoms. The van der Waals surface area contributed by atoms with E-state index in [9.17, 15) is 9.59 Å². The number of carbonyl (C=O) groups excluding carboxylic acids is 2. The molecule has 2 amide bonds. The SMILES string of the molecule is COc1cccc(OC)c1C(=O)N1CCCC[C@H]2CN(C(=O)CC3CCCO3)C[C@H]21. The van der Waals surface area contributed by atoms with Crippen LogP contribution >= 0.6 is 0 Å². The summed E-state index contributed by atoms with van der Waals surface area (Å²) in [5, 5.41) is 0. The molecule has 3 saturated heterocycles. The number of rotatable bonds is 5. The molecule has 1 unspecified atom stereocenters. The molecule has 0 N–H and O–H groups in total. The second kappa shape index (κ2) is 9.25. The van der Waals surface area contributed by atoms with Crippen molar-refractivity contribution in [1.29, 1.82) is 0 Å². The summed E-state index contributed by atoms with van der Waals surface area (Å²) in [4.78, 5) is 30.4. The molecule has 0 bridgehead atoms. The molecule has 0 saturated carbocycles. The van der Waals surface area contributed by atoms with Gasteiger partial charge in [-0.05, 0) is 43.7 Å². The normalized spacial score (nSPS) is 26.3. The standard InChI is InChI=1S/C23H32N2O5/c1-28-19-9-5-10-20(29-2)22(19)23(27)25-11-4-3-7-16-14-24(15-18(16)25)21(26)13-17-8-6-12-30-17/h5,9-10,16-18H,3-4,6-8,11-15H2,1-2H3/t16-,17?,18+/m0/s1. The highest BCUT2D eigenvalue weighted by molar-refractivity contribution is 6.00. The monoisotopic (exact) mass is 416 g/mol. The van der Waals surface area contributed by atoms with Gasteiger partial charge in [-0.3, -0.25) is 9.59 Å². The van der Waals surface area contributed by atoms with Crippen molar-refractivity contribution >= 4 is 11.8 Å². The molecule has 1 aromatic rings. The molecule has 3 aliphatic rings. The summed E-state index contributed by atoms with van der Waals surface area (Å²) in [5.74, 6) is 1.42. The number of benzene rings is 1. The molecule has 3 fully saturated rings. The number of methoxy groups -OCH3 is 2. The Bertz CT molecular complexity index is 755. The number of likely N-dealkylation sites (tertiary alicyclic amines) is 2. The van der Waals surface area contributed by atoms with Crippen LogP contribution in [0.2, 0.25) is 0 Å². The summed E-state index contributed by atoms with van der Waals surface area (Å²) in [5.41, 5.74) is 0.465. The zero-order valence-electron chi connectivity index (χ0n) is 18.0. The maximum Gasteiger partial charge on any atom is 0.261 e. The van der Waals surface area contributed by atoms with Gasteiger partial charge in [0.1, 0.15) is 17.1 Å². The van der Waals surface area contributed by atoms with Crippen LogP contribution < -0.4 is 9.47 Å². The highest BCUT2D eigenvalue weighted by Gasteiger charge is 2.42. The molecule has 30 heavy (non-hydrogen) atoms. The Labute approximate surface area is 178 Å². The lowest BCUT2D eigenvalue weighted by Crippen LogP contribution is -2.45. The number of amides is 2. The fraction of sp³-hybridized carbons (Fsp3) is 0.652. The minimum absolute atomic E-state index is 0.0306. The largest absolute Gasteiger partial charge is 0.496 e. The van der Waals surface area contributed by atoms with Crippen molar-refractivity contribution < 1.29 is 23.8 Å². The average molecular weight is 417 g/mol. The van der Waals surface area contributed by atoms with Crippen LogP contribution in [-0.4, -0.2) is 74.2 Å². The van der Waals surface area contributed by atoms with Crippen molar-refractivity contribution in [2.45, 2.75) is 50.7 Å². The van der Waals surface area contributed by atoms with Crippen molar-refractivity contribution in [3.8, 4) is 11.5 Å². The third kappa shape index (κ3) is 4.13. The van der Waals surface area contributed by atoms with E-state index in [2.05, 4.69) is 0 Å². The highest BCUT2D eigenvalue weighted by Crippen LogP contribution is 2.35. The smallest absolute Gasteiger partial charge is 0.261 e. The van der Waals surface area contributed by atoms with E-state index < -0.39 is 0 Å². The zero-order valence-corrected chi connectivity index (χ0v) is 18.0. The minimum Gasteiger partial charge on any atom is -0.496 e. The average Bonchev–Trinajstić information content (AvgIpc) is 3.39. The zero-order chi connectivity index (χ0) is 21.1. The van der Waals surface area contributed by atoms with Crippen molar-refractivity contribution in [1.82, 2.24) is 9.80 Å². The molecule has 3 heterocycles.